The number of amides is 1. The molecule has 4 heteroatoms. The monoisotopic (exact) mass is 357 g/mol. The summed E-state index contributed by atoms with van der Waals surface area (Å²) in [5.74, 6) is 0. The average molecular weight is 357 g/mol. The third kappa shape index (κ3) is 2.22. The Kier molecular flexibility index (Phi) is 3.46. The first-order valence-electron chi connectivity index (χ1n) is 6.41. The molecule has 1 amide bonds. The zero-order valence-electron chi connectivity index (χ0n) is 10.1. The maximum absolute atomic E-state index is 12.0. The number of carbonyl (C=O) groups is 1. The largest absolute Gasteiger partial charge is 0.443 e. The van der Waals surface area contributed by atoms with Crippen LogP contribution in [0, 0.1) is 0 Å². The van der Waals surface area contributed by atoms with Gasteiger partial charge in [-0.1, -0.05) is 59.3 Å². The molecule has 0 bridgehead atoms. The van der Waals surface area contributed by atoms with Gasteiger partial charge in [-0.25, -0.2) is 4.79 Å². The summed E-state index contributed by atoms with van der Waals surface area (Å²) in [5.41, 5.74) is 1.17. The molecule has 96 valence electrons. The molecular weight excluding hydrogens is 341 g/mol. The number of benzene rings is 1. The van der Waals surface area contributed by atoms with Crippen LogP contribution in [0.1, 0.15) is 24.8 Å². The molecule has 1 saturated carbocycles. The van der Waals surface area contributed by atoms with E-state index in [9.17, 15) is 4.79 Å². The second-order valence-electron chi connectivity index (χ2n) is 4.98. The highest BCUT2D eigenvalue weighted by atomic mass is 127. The summed E-state index contributed by atoms with van der Waals surface area (Å²) >= 11 is 2.42. The molecule has 3 nitrogen and oxygen atoms in total. The number of hydrogen-bond donors (Lipinski definition) is 0. The summed E-state index contributed by atoms with van der Waals surface area (Å²) in [5, 5.41) is 0. The van der Waals surface area contributed by atoms with E-state index >= 15 is 0 Å². The summed E-state index contributed by atoms with van der Waals surface area (Å²) < 4.78 is 6.01. The van der Waals surface area contributed by atoms with E-state index in [0.29, 0.717) is 10.5 Å². The minimum absolute atomic E-state index is 0.0931. The van der Waals surface area contributed by atoms with Crippen molar-refractivity contribution < 1.29 is 9.53 Å². The third-order valence-corrected chi connectivity index (χ3v) is 5.11. The van der Waals surface area contributed by atoms with E-state index in [1.54, 1.807) is 0 Å². The fourth-order valence-corrected chi connectivity index (χ4v) is 3.93. The SMILES string of the molecule is O=C1O[C@H]2[C@H](I)CCC[C@H]2N1Cc1ccccc1. The number of hydrogen-bond acceptors (Lipinski definition) is 2. The van der Waals surface area contributed by atoms with E-state index in [2.05, 4.69) is 34.7 Å². The molecule has 2 aliphatic rings. The van der Waals surface area contributed by atoms with E-state index in [-0.39, 0.29) is 18.2 Å². The molecule has 1 aromatic carbocycles. The lowest BCUT2D eigenvalue weighted by atomic mass is 9.92. The van der Waals surface area contributed by atoms with Crippen molar-refractivity contribution in [2.24, 2.45) is 0 Å². The summed E-state index contributed by atoms with van der Waals surface area (Å²) in [6.45, 7) is 0.671. The Labute approximate surface area is 121 Å². The number of nitrogens with zero attached hydrogens (tertiary/aromatic N) is 1. The molecule has 1 aliphatic carbocycles. The third-order valence-electron chi connectivity index (χ3n) is 3.78. The molecule has 18 heavy (non-hydrogen) atoms. The van der Waals surface area contributed by atoms with Crippen LogP contribution in [0.15, 0.2) is 30.3 Å². The quantitative estimate of drug-likeness (QED) is 0.600. The van der Waals surface area contributed by atoms with Crippen molar-refractivity contribution in [1.29, 1.82) is 0 Å². The lowest BCUT2D eigenvalue weighted by Crippen LogP contribution is -2.42. The first kappa shape index (κ1) is 12.3. The van der Waals surface area contributed by atoms with Crippen LogP contribution in [0.2, 0.25) is 0 Å². The molecule has 1 aliphatic heterocycles. The summed E-state index contributed by atoms with van der Waals surface area (Å²) in [6, 6.07) is 10.4. The van der Waals surface area contributed by atoms with Crippen LogP contribution < -0.4 is 0 Å². The standard InChI is InChI=1S/C14H16INO2/c15-11-7-4-8-12-13(11)18-14(17)16(12)9-10-5-2-1-3-6-10/h1-3,5-6,11-13H,4,7-9H2/t11-,12-,13+/m1/s1. The molecule has 0 unspecified atom stereocenters. The second-order valence-corrected chi connectivity index (χ2v) is 6.58. The normalized spacial score (nSPS) is 31.1. The number of ether oxygens (including phenoxy) is 1. The first-order chi connectivity index (χ1) is 8.75. The van der Waals surface area contributed by atoms with Crippen LogP contribution in [-0.4, -0.2) is 27.1 Å². The molecule has 1 heterocycles. The van der Waals surface area contributed by atoms with Crippen molar-refractivity contribution >= 4 is 28.7 Å². The molecule has 3 atom stereocenters. The van der Waals surface area contributed by atoms with E-state index in [4.69, 9.17) is 4.74 Å². The Morgan fingerprint density at radius 3 is 2.83 bits per heavy atom. The Morgan fingerprint density at radius 1 is 1.28 bits per heavy atom. The van der Waals surface area contributed by atoms with Gasteiger partial charge >= 0.3 is 6.09 Å². The second kappa shape index (κ2) is 5.07. The Balaban J connectivity index is 1.77. The molecule has 1 saturated heterocycles. The maximum atomic E-state index is 12.0. The molecule has 1 aromatic rings. The summed E-state index contributed by atoms with van der Waals surface area (Å²) in [4.78, 5) is 13.9. The number of carbonyl (C=O) groups excluding carboxylic acids is 1. The number of rotatable bonds is 2. The molecule has 2 fully saturated rings. The number of alkyl halides is 1. The molecule has 0 radical (unpaired) electrons. The zero-order chi connectivity index (χ0) is 12.5. The van der Waals surface area contributed by atoms with Gasteiger partial charge < -0.3 is 4.74 Å². The van der Waals surface area contributed by atoms with Crippen molar-refractivity contribution in [3.63, 3.8) is 0 Å². The van der Waals surface area contributed by atoms with Crippen LogP contribution >= 0.6 is 22.6 Å². The van der Waals surface area contributed by atoms with Gasteiger partial charge in [0.25, 0.3) is 0 Å². The van der Waals surface area contributed by atoms with Crippen LogP contribution in [0.4, 0.5) is 4.79 Å². The van der Waals surface area contributed by atoms with Gasteiger partial charge in [0.05, 0.1) is 9.97 Å². The summed E-state index contributed by atoms with van der Waals surface area (Å²) in [7, 11) is 0. The van der Waals surface area contributed by atoms with Crippen molar-refractivity contribution in [2.75, 3.05) is 0 Å². The predicted octanol–water partition coefficient (Wildman–Crippen LogP) is 3.36. The molecule has 0 spiro atoms. The summed E-state index contributed by atoms with van der Waals surface area (Å²) in [6.07, 6.45) is 3.38. The minimum Gasteiger partial charge on any atom is -0.443 e. The van der Waals surface area contributed by atoms with E-state index in [1.807, 2.05) is 23.1 Å². The molecule has 3 rings (SSSR count). The number of fused-ring (bicyclic) bond motifs is 1. The van der Waals surface area contributed by atoms with Gasteiger partial charge in [0.15, 0.2) is 0 Å². The highest BCUT2D eigenvalue weighted by Crippen LogP contribution is 2.36. The topological polar surface area (TPSA) is 29.5 Å². The van der Waals surface area contributed by atoms with E-state index in [0.717, 1.165) is 12.8 Å². The number of halogens is 1. The minimum atomic E-state index is -0.141. The van der Waals surface area contributed by atoms with Crippen LogP contribution in [-0.2, 0) is 11.3 Å². The van der Waals surface area contributed by atoms with Crippen molar-refractivity contribution in [2.45, 2.75) is 41.9 Å². The van der Waals surface area contributed by atoms with Gasteiger partial charge in [0, 0.05) is 6.54 Å². The smallest absolute Gasteiger partial charge is 0.410 e. The van der Waals surface area contributed by atoms with E-state index < -0.39 is 0 Å². The molecule has 0 N–H and O–H groups in total. The van der Waals surface area contributed by atoms with E-state index in [1.165, 1.54) is 12.0 Å². The molecular formula is C14H16INO2. The highest BCUT2D eigenvalue weighted by molar-refractivity contribution is 14.1. The van der Waals surface area contributed by atoms with Crippen LogP contribution in [0.5, 0.6) is 0 Å². The van der Waals surface area contributed by atoms with Crippen molar-refractivity contribution in [3.05, 3.63) is 35.9 Å². The van der Waals surface area contributed by atoms with Crippen molar-refractivity contribution in [1.82, 2.24) is 4.90 Å². The van der Waals surface area contributed by atoms with Gasteiger partial charge in [-0.2, -0.15) is 0 Å². The Bertz CT molecular complexity index is 437. The lowest BCUT2D eigenvalue weighted by molar-refractivity contribution is 0.121. The Morgan fingerprint density at radius 2 is 2.06 bits per heavy atom. The fourth-order valence-electron chi connectivity index (χ4n) is 2.86. The van der Waals surface area contributed by atoms with Gasteiger partial charge in [0.1, 0.15) is 6.10 Å². The highest BCUT2D eigenvalue weighted by Gasteiger charge is 2.46. The van der Waals surface area contributed by atoms with Gasteiger partial charge in [-0.15, -0.1) is 0 Å². The van der Waals surface area contributed by atoms with Crippen LogP contribution in [0.3, 0.4) is 0 Å². The molecule has 0 aromatic heterocycles. The Hall–Kier alpha value is -0.780. The van der Waals surface area contributed by atoms with Crippen LogP contribution in [0.25, 0.3) is 0 Å². The fraction of sp³-hybridized carbons (Fsp3) is 0.500. The maximum Gasteiger partial charge on any atom is 0.410 e. The lowest BCUT2D eigenvalue weighted by Gasteiger charge is -2.31. The van der Waals surface area contributed by atoms with Gasteiger partial charge in [0.2, 0.25) is 0 Å². The average Bonchev–Trinajstić information content (AvgIpc) is 2.70. The van der Waals surface area contributed by atoms with Gasteiger partial charge in [-0.05, 0) is 18.4 Å². The van der Waals surface area contributed by atoms with Gasteiger partial charge in [-0.3, -0.25) is 4.90 Å². The van der Waals surface area contributed by atoms with Crippen molar-refractivity contribution in [3.8, 4) is 0 Å². The zero-order valence-corrected chi connectivity index (χ0v) is 12.2. The predicted molar refractivity (Wildman–Crippen MR) is 77.7 cm³/mol. The first-order valence-corrected chi connectivity index (χ1v) is 7.65.